The third kappa shape index (κ3) is 2.93. The quantitative estimate of drug-likeness (QED) is 0.928. The molecule has 1 aliphatic carbocycles. The van der Waals surface area contributed by atoms with Gasteiger partial charge in [0.2, 0.25) is 0 Å². The fraction of sp³-hybridized carbons (Fsp3) is 0.368. The lowest BCUT2D eigenvalue weighted by molar-refractivity contribution is 0.509. The van der Waals surface area contributed by atoms with E-state index in [1.54, 1.807) is 0 Å². The third-order valence-electron chi connectivity index (χ3n) is 4.48. The monoisotopic (exact) mass is 306 g/mol. The van der Waals surface area contributed by atoms with Gasteiger partial charge in [0, 0.05) is 30.8 Å². The fourth-order valence-electron chi connectivity index (χ4n) is 2.88. The van der Waals surface area contributed by atoms with Crippen LogP contribution in [-0.2, 0) is 13.0 Å². The van der Waals surface area contributed by atoms with Crippen molar-refractivity contribution in [2.24, 2.45) is 4.99 Å². The molecule has 0 amide bonds. The van der Waals surface area contributed by atoms with Crippen molar-refractivity contribution in [3.05, 3.63) is 41.5 Å². The molecule has 4 rings (SSSR count). The minimum atomic E-state index is 0.584. The molecule has 0 radical (unpaired) electrons. The van der Waals surface area contributed by atoms with Crippen molar-refractivity contribution in [3.63, 3.8) is 0 Å². The molecule has 0 saturated heterocycles. The molecular weight excluding hydrogens is 284 g/mol. The fourth-order valence-corrected chi connectivity index (χ4v) is 2.88. The number of nitrogens with one attached hydrogen (secondary N) is 1. The Balaban J connectivity index is 1.76. The van der Waals surface area contributed by atoms with Gasteiger partial charge in [-0.05, 0) is 30.9 Å². The summed E-state index contributed by atoms with van der Waals surface area (Å²) in [6.07, 6.45) is 5.44. The van der Waals surface area contributed by atoms with Crippen LogP contribution in [-0.4, -0.2) is 29.3 Å². The first-order chi connectivity index (χ1) is 11.2. The van der Waals surface area contributed by atoms with Crippen LogP contribution < -0.4 is 5.32 Å². The molecule has 4 nitrogen and oxygen atoms in total. The number of rotatable bonds is 4. The van der Waals surface area contributed by atoms with Crippen molar-refractivity contribution in [2.45, 2.75) is 38.8 Å². The SMILES string of the molecule is CCc1ccc(-c2cc3c(c(NC4CC4)n2)CN(C)C=N3)cc1. The second kappa shape index (κ2) is 5.69. The van der Waals surface area contributed by atoms with Crippen LogP contribution in [0.5, 0.6) is 0 Å². The van der Waals surface area contributed by atoms with E-state index in [1.165, 1.54) is 24.0 Å². The molecule has 2 aromatic rings. The van der Waals surface area contributed by atoms with Crippen molar-refractivity contribution in [1.82, 2.24) is 9.88 Å². The second-order valence-electron chi connectivity index (χ2n) is 6.48. The molecule has 0 unspecified atom stereocenters. The Kier molecular flexibility index (Phi) is 3.52. The molecule has 0 spiro atoms. The van der Waals surface area contributed by atoms with Gasteiger partial charge < -0.3 is 10.2 Å². The molecule has 23 heavy (non-hydrogen) atoms. The number of aliphatic imine (C=N–C) groups is 1. The number of hydrogen-bond donors (Lipinski definition) is 1. The number of aromatic nitrogens is 1. The van der Waals surface area contributed by atoms with E-state index < -0.39 is 0 Å². The van der Waals surface area contributed by atoms with Crippen molar-refractivity contribution in [2.75, 3.05) is 12.4 Å². The smallest absolute Gasteiger partial charge is 0.134 e. The third-order valence-corrected chi connectivity index (χ3v) is 4.48. The summed E-state index contributed by atoms with van der Waals surface area (Å²) in [5.74, 6) is 1.00. The Morgan fingerprint density at radius 2 is 2.00 bits per heavy atom. The zero-order chi connectivity index (χ0) is 15.8. The molecule has 1 aromatic heterocycles. The van der Waals surface area contributed by atoms with E-state index >= 15 is 0 Å². The minimum absolute atomic E-state index is 0.584. The first-order valence-electron chi connectivity index (χ1n) is 8.37. The van der Waals surface area contributed by atoms with E-state index in [-0.39, 0.29) is 0 Å². The second-order valence-corrected chi connectivity index (χ2v) is 6.48. The Hall–Kier alpha value is -2.36. The average molecular weight is 306 g/mol. The molecule has 0 bridgehead atoms. The first-order valence-corrected chi connectivity index (χ1v) is 8.37. The summed E-state index contributed by atoms with van der Waals surface area (Å²) in [6, 6.07) is 11.4. The summed E-state index contributed by atoms with van der Waals surface area (Å²) < 4.78 is 0. The number of nitrogens with zero attached hydrogens (tertiary/aromatic N) is 3. The van der Waals surface area contributed by atoms with Crippen molar-refractivity contribution >= 4 is 17.8 Å². The van der Waals surface area contributed by atoms with E-state index in [9.17, 15) is 0 Å². The lowest BCUT2D eigenvalue weighted by Crippen LogP contribution is -2.21. The highest BCUT2D eigenvalue weighted by Crippen LogP contribution is 2.36. The van der Waals surface area contributed by atoms with Gasteiger partial charge in [-0.25, -0.2) is 9.98 Å². The van der Waals surface area contributed by atoms with Gasteiger partial charge in [0.15, 0.2) is 0 Å². The van der Waals surface area contributed by atoms with E-state index in [2.05, 4.69) is 52.5 Å². The zero-order valence-electron chi connectivity index (χ0n) is 13.7. The van der Waals surface area contributed by atoms with Crippen LogP contribution in [0.25, 0.3) is 11.3 Å². The topological polar surface area (TPSA) is 40.5 Å². The summed E-state index contributed by atoms with van der Waals surface area (Å²) in [4.78, 5) is 11.6. The lowest BCUT2D eigenvalue weighted by atomic mass is 10.0. The highest BCUT2D eigenvalue weighted by atomic mass is 15.2. The number of aryl methyl sites for hydroxylation is 1. The predicted octanol–water partition coefficient (Wildman–Crippen LogP) is 3.99. The molecule has 1 aromatic carbocycles. The van der Waals surface area contributed by atoms with Crippen molar-refractivity contribution in [1.29, 1.82) is 0 Å². The van der Waals surface area contributed by atoms with Gasteiger partial charge in [-0.2, -0.15) is 0 Å². The van der Waals surface area contributed by atoms with Gasteiger partial charge in [-0.15, -0.1) is 0 Å². The van der Waals surface area contributed by atoms with E-state index in [4.69, 9.17) is 4.98 Å². The Bertz CT molecular complexity index is 745. The molecule has 1 saturated carbocycles. The molecule has 2 heterocycles. The number of benzene rings is 1. The van der Waals surface area contributed by atoms with Crippen LogP contribution in [0.1, 0.15) is 30.9 Å². The number of anilines is 1. The maximum absolute atomic E-state index is 4.91. The van der Waals surface area contributed by atoms with E-state index in [0.29, 0.717) is 6.04 Å². The molecule has 1 fully saturated rings. The largest absolute Gasteiger partial charge is 0.367 e. The average Bonchev–Trinajstić information content (AvgIpc) is 3.39. The lowest BCUT2D eigenvalue weighted by Gasteiger charge is -2.23. The van der Waals surface area contributed by atoms with Crippen LogP contribution in [0.2, 0.25) is 0 Å². The first kappa shape index (κ1) is 14.2. The maximum atomic E-state index is 4.91. The van der Waals surface area contributed by atoms with E-state index in [1.807, 2.05) is 13.4 Å². The number of pyridine rings is 1. The standard InChI is InChI=1S/C19H22N4/c1-3-13-4-6-14(7-5-13)17-10-18-16(11-23(2)12-20-18)19(22-17)21-15-8-9-15/h4-7,10,12,15H,3,8-9,11H2,1-2H3,(H,21,22). The van der Waals surface area contributed by atoms with Crippen LogP contribution in [0.15, 0.2) is 35.3 Å². The van der Waals surface area contributed by atoms with Crippen LogP contribution in [0, 0.1) is 0 Å². The number of fused-ring (bicyclic) bond motifs is 1. The Morgan fingerprint density at radius 3 is 2.70 bits per heavy atom. The van der Waals surface area contributed by atoms with Gasteiger partial charge in [-0.1, -0.05) is 31.2 Å². The summed E-state index contributed by atoms with van der Waals surface area (Å²) in [7, 11) is 2.05. The number of hydrogen-bond acceptors (Lipinski definition) is 4. The van der Waals surface area contributed by atoms with E-state index in [0.717, 1.165) is 35.7 Å². The Morgan fingerprint density at radius 1 is 1.22 bits per heavy atom. The molecule has 1 aliphatic heterocycles. The van der Waals surface area contributed by atoms with Gasteiger partial charge >= 0.3 is 0 Å². The van der Waals surface area contributed by atoms with Crippen molar-refractivity contribution in [3.8, 4) is 11.3 Å². The van der Waals surface area contributed by atoms with Gasteiger partial charge in [0.25, 0.3) is 0 Å². The zero-order valence-corrected chi connectivity index (χ0v) is 13.7. The highest BCUT2D eigenvalue weighted by molar-refractivity contribution is 5.76. The van der Waals surface area contributed by atoms with Gasteiger partial charge in [-0.3, -0.25) is 0 Å². The molecule has 1 N–H and O–H groups in total. The summed E-state index contributed by atoms with van der Waals surface area (Å²) in [6.45, 7) is 3.03. The summed E-state index contributed by atoms with van der Waals surface area (Å²) in [5.41, 5.74) is 5.74. The highest BCUT2D eigenvalue weighted by Gasteiger charge is 2.25. The molecule has 0 atom stereocenters. The summed E-state index contributed by atoms with van der Waals surface area (Å²) in [5, 5.41) is 3.59. The molecule has 118 valence electrons. The van der Waals surface area contributed by atoms with Crippen LogP contribution in [0.4, 0.5) is 11.5 Å². The Labute approximate surface area is 137 Å². The molecule has 4 heteroatoms. The van der Waals surface area contributed by atoms with Gasteiger partial charge in [0.05, 0.1) is 17.7 Å². The molecule has 2 aliphatic rings. The normalized spacial score (nSPS) is 16.3. The van der Waals surface area contributed by atoms with Crippen LogP contribution >= 0.6 is 0 Å². The van der Waals surface area contributed by atoms with Crippen molar-refractivity contribution < 1.29 is 0 Å². The van der Waals surface area contributed by atoms with Crippen LogP contribution in [0.3, 0.4) is 0 Å². The minimum Gasteiger partial charge on any atom is -0.367 e. The molecular formula is C19H22N4. The maximum Gasteiger partial charge on any atom is 0.134 e. The summed E-state index contributed by atoms with van der Waals surface area (Å²) >= 11 is 0. The predicted molar refractivity (Wildman–Crippen MR) is 95.3 cm³/mol. The van der Waals surface area contributed by atoms with Gasteiger partial charge in [0.1, 0.15) is 5.82 Å².